The predicted molar refractivity (Wildman–Crippen MR) is 84.4 cm³/mol. The number of piperazine rings is 1. The lowest BCUT2D eigenvalue weighted by atomic mass is 10.1. The number of benzene rings is 1. The minimum absolute atomic E-state index is 0. The first-order valence-electron chi connectivity index (χ1n) is 6.91. The lowest BCUT2D eigenvalue weighted by Gasteiger charge is -2.38. The van der Waals surface area contributed by atoms with Gasteiger partial charge in [-0.1, -0.05) is 6.07 Å². The van der Waals surface area contributed by atoms with Gasteiger partial charge in [-0.3, -0.25) is 4.79 Å². The molecule has 0 saturated carbocycles. The molecule has 0 radical (unpaired) electrons. The lowest BCUT2D eigenvalue weighted by molar-refractivity contribution is -0.137. The quantitative estimate of drug-likeness (QED) is 0.919. The number of methoxy groups -OCH3 is 1. The van der Waals surface area contributed by atoms with Gasteiger partial charge in [0.15, 0.2) is 6.61 Å². The van der Waals surface area contributed by atoms with Gasteiger partial charge in [0.05, 0.1) is 7.11 Å². The topological polar surface area (TPSA) is 50.8 Å². The van der Waals surface area contributed by atoms with E-state index in [1.165, 1.54) is 0 Å². The Morgan fingerprint density at radius 1 is 1.38 bits per heavy atom. The molecule has 1 saturated heterocycles. The monoisotopic (exact) mass is 314 g/mol. The fraction of sp³-hybridized carbons (Fsp3) is 0.533. The van der Waals surface area contributed by atoms with Crippen LogP contribution >= 0.6 is 12.4 Å². The normalized spacial score (nSPS) is 21.4. The molecule has 1 aromatic rings. The Bertz CT molecular complexity index is 470. The van der Waals surface area contributed by atoms with E-state index in [0.29, 0.717) is 11.8 Å². The number of carbonyl (C=O) groups is 1. The fourth-order valence-corrected chi connectivity index (χ4v) is 2.33. The van der Waals surface area contributed by atoms with Crippen LogP contribution in [0.3, 0.4) is 0 Å². The van der Waals surface area contributed by atoms with Gasteiger partial charge in [0.2, 0.25) is 0 Å². The Hall–Kier alpha value is -1.46. The minimum Gasteiger partial charge on any atom is -0.497 e. The largest absolute Gasteiger partial charge is 0.497 e. The van der Waals surface area contributed by atoms with Gasteiger partial charge in [0, 0.05) is 31.2 Å². The molecule has 21 heavy (non-hydrogen) atoms. The van der Waals surface area contributed by atoms with E-state index in [4.69, 9.17) is 9.47 Å². The summed E-state index contributed by atoms with van der Waals surface area (Å²) in [5.41, 5.74) is 0. The molecule has 1 heterocycles. The summed E-state index contributed by atoms with van der Waals surface area (Å²) in [6, 6.07) is 7.77. The van der Waals surface area contributed by atoms with E-state index in [2.05, 4.69) is 19.2 Å². The highest BCUT2D eigenvalue weighted by Gasteiger charge is 2.28. The summed E-state index contributed by atoms with van der Waals surface area (Å²) < 4.78 is 10.7. The van der Waals surface area contributed by atoms with E-state index >= 15 is 0 Å². The van der Waals surface area contributed by atoms with Gasteiger partial charge in [0.1, 0.15) is 11.5 Å². The van der Waals surface area contributed by atoms with Crippen LogP contribution in [-0.4, -0.2) is 49.7 Å². The lowest BCUT2D eigenvalue weighted by Crippen LogP contribution is -2.58. The van der Waals surface area contributed by atoms with E-state index in [0.717, 1.165) is 18.8 Å². The molecule has 1 aliphatic rings. The van der Waals surface area contributed by atoms with Crippen molar-refractivity contribution in [3.63, 3.8) is 0 Å². The Morgan fingerprint density at radius 2 is 2.10 bits per heavy atom. The number of hydrogen-bond donors (Lipinski definition) is 1. The standard InChI is InChI=1S/C15H22N2O3.ClH/c1-11-12(2)17(8-7-16-11)15(18)10-20-14-6-4-5-13(9-14)19-3;/h4-6,9,11-12,16H,7-8,10H2,1-3H3;1H. The molecule has 1 amide bonds. The highest BCUT2D eigenvalue weighted by molar-refractivity contribution is 5.85. The zero-order valence-corrected chi connectivity index (χ0v) is 13.5. The van der Waals surface area contributed by atoms with Gasteiger partial charge in [-0.15, -0.1) is 12.4 Å². The third-order valence-electron chi connectivity index (χ3n) is 3.76. The van der Waals surface area contributed by atoms with Crippen LogP contribution in [0.15, 0.2) is 24.3 Å². The fourth-order valence-electron chi connectivity index (χ4n) is 2.33. The van der Waals surface area contributed by atoms with Crippen LogP contribution in [0, 0.1) is 0 Å². The second-order valence-corrected chi connectivity index (χ2v) is 5.04. The zero-order chi connectivity index (χ0) is 14.5. The van der Waals surface area contributed by atoms with Gasteiger partial charge < -0.3 is 19.7 Å². The Balaban J connectivity index is 0.00000220. The van der Waals surface area contributed by atoms with Crippen molar-refractivity contribution in [3.05, 3.63) is 24.3 Å². The molecular formula is C15H23ClN2O3. The third-order valence-corrected chi connectivity index (χ3v) is 3.76. The van der Waals surface area contributed by atoms with Crippen molar-refractivity contribution in [2.75, 3.05) is 26.8 Å². The number of ether oxygens (including phenoxy) is 2. The van der Waals surface area contributed by atoms with Crippen molar-refractivity contribution in [1.82, 2.24) is 10.2 Å². The van der Waals surface area contributed by atoms with E-state index in [1.807, 2.05) is 23.1 Å². The van der Waals surface area contributed by atoms with Gasteiger partial charge in [-0.05, 0) is 26.0 Å². The van der Waals surface area contributed by atoms with Crippen LogP contribution in [0.25, 0.3) is 0 Å². The SMILES string of the molecule is COc1cccc(OCC(=O)N2CCNC(C)C2C)c1.Cl. The van der Waals surface area contributed by atoms with E-state index in [-0.39, 0.29) is 31.0 Å². The first kappa shape index (κ1) is 17.6. The maximum absolute atomic E-state index is 12.2. The molecule has 1 N–H and O–H groups in total. The number of nitrogens with zero attached hydrogens (tertiary/aromatic N) is 1. The molecule has 1 aliphatic heterocycles. The van der Waals surface area contributed by atoms with E-state index in [9.17, 15) is 4.79 Å². The molecule has 0 aromatic heterocycles. The molecule has 118 valence electrons. The molecule has 1 aromatic carbocycles. The Morgan fingerprint density at radius 3 is 2.81 bits per heavy atom. The van der Waals surface area contributed by atoms with Gasteiger partial charge in [-0.25, -0.2) is 0 Å². The molecule has 2 rings (SSSR count). The molecule has 1 fully saturated rings. The van der Waals surface area contributed by atoms with Crippen molar-refractivity contribution >= 4 is 18.3 Å². The molecule has 0 aliphatic carbocycles. The Labute approximate surface area is 132 Å². The van der Waals surface area contributed by atoms with Crippen LogP contribution in [0.2, 0.25) is 0 Å². The maximum Gasteiger partial charge on any atom is 0.260 e. The summed E-state index contributed by atoms with van der Waals surface area (Å²) >= 11 is 0. The second-order valence-electron chi connectivity index (χ2n) is 5.04. The van der Waals surface area contributed by atoms with Crippen LogP contribution in [-0.2, 0) is 4.79 Å². The van der Waals surface area contributed by atoms with Crippen LogP contribution in [0.4, 0.5) is 0 Å². The molecule has 2 unspecified atom stereocenters. The number of hydrogen-bond acceptors (Lipinski definition) is 4. The molecule has 5 nitrogen and oxygen atoms in total. The van der Waals surface area contributed by atoms with Crippen LogP contribution in [0.5, 0.6) is 11.5 Å². The number of halogens is 1. The number of carbonyl (C=O) groups excluding carboxylic acids is 1. The van der Waals surface area contributed by atoms with Crippen LogP contribution < -0.4 is 14.8 Å². The summed E-state index contributed by atoms with van der Waals surface area (Å²) in [7, 11) is 1.61. The van der Waals surface area contributed by atoms with E-state index in [1.54, 1.807) is 13.2 Å². The third kappa shape index (κ3) is 4.51. The number of nitrogens with one attached hydrogen (secondary N) is 1. The Kier molecular flexibility index (Phi) is 6.78. The first-order chi connectivity index (χ1) is 9.61. The summed E-state index contributed by atoms with van der Waals surface area (Å²) in [6.45, 7) is 5.76. The molecular weight excluding hydrogens is 292 g/mol. The summed E-state index contributed by atoms with van der Waals surface area (Å²) in [5.74, 6) is 1.39. The van der Waals surface area contributed by atoms with Gasteiger partial charge >= 0.3 is 0 Å². The average molecular weight is 315 g/mol. The van der Waals surface area contributed by atoms with Gasteiger partial charge in [-0.2, -0.15) is 0 Å². The zero-order valence-electron chi connectivity index (χ0n) is 12.7. The van der Waals surface area contributed by atoms with Crippen molar-refractivity contribution in [1.29, 1.82) is 0 Å². The second kappa shape index (κ2) is 8.10. The molecule has 2 atom stereocenters. The minimum atomic E-state index is 0. The smallest absolute Gasteiger partial charge is 0.260 e. The van der Waals surface area contributed by atoms with Crippen molar-refractivity contribution in [3.8, 4) is 11.5 Å². The van der Waals surface area contributed by atoms with Crippen molar-refractivity contribution in [2.45, 2.75) is 25.9 Å². The number of rotatable bonds is 4. The summed E-state index contributed by atoms with van der Waals surface area (Å²) in [6.07, 6.45) is 0. The highest BCUT2D eigenvalue weighted by atomic mass is 35.5. The van der Waals surface area contributed by atoms with Crippen LogP contribution in [0.1, 0.15) is 13.8 Å². The van der Waals surface area contributed by atoms with Crippen molar-refractivity contribution < 1.29 is 14.3 Å². The van der Waals surface area contributed by atoms with Gasteiger partial charge in [0.25, 0.3) is 5.91 Å². The van der Waals surface area contributed by atoms with Crippen molar-refractivity contribution in [2.24, 2.45) is 0 Å². The predicted octanol–water partition coefficient (Wildman–Crippen LogP) is 1.70. The van der Waals surface area contributed by atoms with E-state index < -0.39 is 0 Å². The molecule has 0 spiro atoms. The molecule has 6 heteroatoms. The summed E-state index contributed by atoms with van der Waals surface area (Å²) in [4.78, 5) is 14.1. The average Bonchev–Trinajstić information content (AvgIpc) is 2.48. The highest BCUT2D eigenvalue weighted by Crippen LogP contribution is 2.19. The number of amides is 1. The first-order valence-corrected chi connectivity index (χ1v) is 6.91. The summed E-state index contributed by atoms with van der Waals surface area (Å²) in [5, 5.41) is 3.35. The molecule has 0 bridgehead atoms. The maximum atomic E-state index is 12.2.